The van der Waals surface area contributed by atoms with Crippen LogP contribution in [0.25, 0.3) is 12.2 Å². The van der Waals surface area contributed by atoms with Gasteiger partial charge in [0.05, 0.1) is 6.61 Å². The van der Waals surface area contributed by atoms with Gasteiger partial charge >= 0.3 is 0 Å². The Morgan fingerprint density at radius 2 is 1.52 bits per heavy atom. The number of aryl methyl sites for hydroxylation is 2. The van der Waals surface area contributed by atoms with Gasteiger partial charge in [0, 0.05) is 6.61 Å². The highest BCUT2D eigenvalue weighted by Gasteiger charge is 2.00. The lowest BCUT2D eigenvalue weighted by Crippen LogP contribution is -2.07. The molecule has 0 heterocycles. The Bertz CT molecular complexity index is 627. The first-order chi connectivity index (χ1) is 11.2. The highest BCUT2D eigenvalue weighted by Crippen LogP contribution is 2.21. The lowest BCUT2D eigenvalue weighted by Gasteiger charge is -2.10. The molecule has 0 bridgehead atoms. The van der Waals surface area contributed by atoms with Gasteiger partial charge in [-0.1, -0.05) is 61.0 Å². The fourth-order valence-corrected chi connectivity index (χ4v) is 2.20. The molecule has 122 valence electrons. The Hall–Kier alpha value is -2.06. The minimum atomic E-state index is 0.589. The molecule has 0 atom stereocenters. The zero-order valence-electron chi connectivity index (χ0n) is 14.3. The molecule has 0 aliphatic carbocycles. The van der Waals surface area contributed by atoms with Crippen molar-refractivity contribution in [3.8, 4) is 5.75 Å². The second-order valence-electron chi connectivity index (χ2n) is 5.73. The smallest absolute Gasteiger partial charge is 0.122 e. The average Bonchev–Trinajstić information content (AvgIpc) is 2.56. The standard InChI is InChI=1S/C21H26O2/c1-4-13-22-14-15-23-21-16-20(10-7-18(21)3)12-11-19-8-5-17(2)6-9-19/h5-12,16H,4,13-15H2,1-3H3/b12-11+. The van der Waals surface area contributed by atoms with Crippen molar-refractivity contribution < 1.29 is 9.47 Å². The lowest BCUT2D eigenvalue weighted by molar-refractivity contribution is 0.100. The maximum absolute atomic E-state index is 5.83. The van der Waals surface area contributed by atoms with E-state index in [0.29, 0.717) is 13.2 Å². The summed E-state index contributed by atoms with van der Waals surface area (Å²) < 4.78 is 11.3. The zero-order valence-corrected chi connectivity index (χ0v) is 14.3. The van der Waals surface area contributed by atoms with Crippen LogP contribution in [0.2, 0.25) is 0 Å². The highest BCUT2D eigenvalue weighted by molar-refractivity contribution is 5.70. The van der Waals surface area contributed by atoms with E-state index in [1.165, 1.54) is 11.1 Å². The Balaban J connectivity index is 1.97. The van der Waals surface area contributed by atoms with Crippen LogP contribution in [0.15, 0.2) is 42.5 Å². The second-order valence-corrected chi connectivity index (χ2v) is 5.73. The van der Waals surface area contributed by atoms with Gasteiger partial charge in [0.15, 0.2) is 0 Å². The molecule has 0 N–H and O–H groups in total. The van der Waals surface area contributed by atoms with Crippen molar-refractivity contribution in [1.29, 1.82) is 0 Å². The molecule has 0 aliphatic rings. The molecule has 0 saturated carbocycles. The minimum Gasteiger partial charge on any atom is -0.491 e. The van der Waals surface area contributed by atoms with Crippen LogP contribution in [0, 0.1) is 13.8 Å². The van der Waals surface area contributed by atoms with E-state index in [-0.39, 0.29) is 0 Å². The predicted molar refractivity (Wildman–Crippen MR) is 97.9 cm³/mol. The van der Waals surface area contributed by atoms with Gasteiger partial charge in [-0.3, -0.25) is 0 Å². The van der Waals surface area contributed by atoms with Crippen molar-refractivity contribution >= 4 is 12.2 Å². The molecule has 0 amide bonds. The summed E-state index contributed by atoms with van der Waals surface area (Å²) in [6.07, 6.45) is 5.28. The predicted octanol–water partition coefficient (Wildman–Crippen LogP) is 5.28. The van der Waals surface area contributed by atoms with E-state index in [9.17, 15) is 0 Å². The van der Waals surface area contributed by atoms with Crippen LogP contribution in [-0.4, -0.2) is 19.8 Å². The first-order valence-electron chi connectivity index (χ1n) is 8.25. The molecule has 2 aromatic rings. The van der Waals surface area contributed by atoms with Crippen molar-refractivity contribution in [2.45, 2.75) is 27.2 Å². The molecule has 0 radical (unpaired) electrons. The molecule has 0 fully saturated rings. The molecular weight excluding hydrogens is 284 g/mol. The van der Waals surface area contributed by atoms with Crippen LogP contribution < -0.4 is 4.74 Å². The molecule has 2 rings (SSSR count). The van der Waals surface area contributed by atoms with Crippen molar-refractivity contribution in [3.63, 3.8) is 0 Å². The Morgan fingerprint density at radius 3 is 2.26 bits per heavy atom. The maximum Gasteiger partial charge on any atom is 0.122 e. The summed E-state index contributed by atoms with van der Waals surface area (Å²) in [5.41, 5.74) is 4.76. The maximum atomic E-state index is 5.83. The summed E-state index contributed by atoms with van der Waals surface area (Å²) in [6, 6.07) is 14.8. The van der Waals surface area contributed by atoms with Gasteiger partial charge in [-0.05, 0) is 43.0 Å². The monoisotopic (exact) mass is 310 g/mol. The van der Waals surface area contributed by atoms with Crippen LogP contribution in [-0.2, 0) is 4.74 Å². The molecule has 0 aromatic heterocycles. The molecular formula is C21H26O2. The van der Waals surface area contributed by atoms with Gasteiger partial charge in [-0.2, -0.15) is 0 Å². The fourth-order valence-electron chi connectivity index (χ4n) is 2.20. The van der Waals surface area contributed by atoms with Crippen LogP contribution in [0.1, 0.15) is 35.6 Å². The summed E-state index contributed by atoms with van der Waals surface area (Å²) in [4.78, 5) is 0. The van der Waals surface area contributed by atoms with E-state index in [4.69, 9.17) is 9.47 Å². The van der Waals surface area contributed by atoms with E-state index >= 15 is 0 Å². The van der Waals surface area contributed by atoms with Gasteiger partial charge in [0.1, 0.15) is 12.4 Å². The van der Waals surface area contributed by atoms with E-state index in [0.717, 1.165) is 29.9 Å². The molecule has 0 saturated heterocycles. The summed E-state index contributed by atoms with van der Waals surface area (Å²) in [7, 11) is 0. The topological polar surface area (TPSA) is 18.5 Å². The van der Waals surface area contributed by atoms with Crippen molar-refractivity contribution in [3.05, 3.63) is 64.7 Å². The van der Waals surface area contributed by atoms with Crippen molar-refractivity contribution in [2.24, 2.45) is 0 Å². The first kappa shape index (κ1) is 17.3. The summed E-state index contributed by atoms with van der Waals surface area (Å²) in [5.74, 6) is 0.927. The number of ether oxygens (including phenoxy) is 2. The zero-order chi connectivity index (χ0) is 16.5. The van der Waals surface area contributed by atoms with Crippen molar-refractivity contribution in [2.75, 3.05) is 19.8 Å². The lowest BCUT2D eigenvalue weighted by atomic mass is 10.1. The average molecular weight is 310 g/mol. The number of rotatable bonds is 8. The quantitative estimate of drug-likeness (QED) is 0.488. The van der Waals surface area contributed by atoms with E-state index in [2.05, 4.69) is 75.4 Å². The third kappa shape index (κ3) is 5.91. The molecule has 0 aliphatic heterocycles. The Labute approximate surface area is 139 Å². The minimum absolute atomic E-state index is 0.589. The first-order valence-corrected chi connectivity index (χ1v) is 8.25. The molecule has 2 heteroatoms. The van der Waals surface area contributed by atoms with Gasteiger partial charge in [0.2, 0.25) is 0 Å². The SMILES string of the molecule is CCCOCCOc1cc(/C=C/c2ccc(C)cc2)ccc1C. The number of hydrogen-bond donors (Lipinski definition) is 0. The highest BCUT2D eigenvalue weighted by atomic mass is 16.5. The summed E-state index contributed by atoms with van der Waals surface area (Å²) >= 11 is 0. The third-order valence-corrected chi connectivity index (χ3v) is 3.59. The number of benzene rings is 2. The molecule has 2 aromatic carbocycles. The van der Waals surface area contributed by atoms with Crippen LogP contribution in [0.5, 0.6) is 5.75 Å². The van der Waals surface area contributed by atoms with Gasteiger partial charge in [-0.25, -0.2) is 0 Å². The van der Waals surface area contributed by atoms with Gasteiger partial charge < -0.3 is 9.47 Å². The van der Waals surface area contributed by atoms with E-state index in [1.54, 1.807) is 0 Å². The fraction of sp³-hybridized carbons (Fsp3) is 0.333. The van der Waals surface area contributed by atoms with Crippen molar-refractivity contribution in [1.82, 2.24) is 0 Å². The molecule has 0 spiro atoms. The van der Waals surface area contributed by atoms with Crippen LogP contribution >= 0.6 is 0 Å². The largest absolute Gasteiger partial charge is 0.491 e. The van der Waals surface area contributed by atoms with Gasteiger partial charge in [-0.15, -0.1) is 0 Å². The summed E-state index contributed by atoms with van der Waals surface area (Å²) in [5, 5.41) is 0. The van der Waals surface area contributed by atoms with Gasteiger partial charge in [0.25, 0.3) is 0 Å². The molecule has 2 nitrogen and oxygen atoms in total. The molecule has 23 heavy (non-hydrogen) atoms. The number of hydrogen-bond acceptors (Lipinski definition) is 2. The third-order valence-electron chi connectivity index (χ3n) is 3.59. The Kier molecular flexibility index (Phi) is 6.89. The second kappa shape index (κ2) is 9.16. The molecule has 0 unspecified atom stereocenters. The van der Waals surface area contributed by atoms with Crippen LogP contribution in [0.4, 0.5) is 0 Å². The van der Waals surface area contributed by atoms with E-state index in [1.807, 2.05) is 0 Å². The Morgan fingerprint density at radius 1 is 0.826 bits per heavy atom. The summed E-state index contributed by atoms with van der Waals surface area (Å²) in [6.45, 7) is 8.29. The normalized spacial score (nSPS) is 11.1. The van der Waals surface area contributed by atoms with E-state index < -0.39 is 0 Å². The van der Waals surface area contributed by atoms with Crippen LogP contribution in [0.3, 0.4) is 0 Å².